The molecule has 0 saturated heterocycles. The summed E-state index contributed by atoms with van der Waals surface area (Å²) in [5.74, 6) is -0.661. The Morgan fingerprint density at radius 1 is 1.00 bits per heavy atom. The highest BCUT2D eigenvalue weighted by Gasteiger charge is 2.24. The second-order valence-electron chi connectivity index (χ2n) is 6.57. The molecule has 1 unspecified atom stereocenters. The fourth-order valence-corrected chi connectivity index (χ4v) is 3.23. The van der Waals surface area contributed by atoms with Crippen LogP contribution < -0.4 is 0 Å². The normalized spacial score (nSPS) is 12.0. The van der Waals surface area contributed by atoms with Crippen molar-refractivity contribution in [1.82, 2.24) is 4.90 Å². The Hall–Kier alpha value is -2.62. The first-order valence-corrected chi connectivity index (χ1v) is 8.53. The molecule has 1 atom stereocenters. The van der Waals surface area contributed by atoms with Crippen molar-refractivity contribution < 1.29 is 14.7 Å². The lowest BCUT2D eigenvalue weighted by Crippen LogP contribution is -2.34. The van der Waals surface area contributed by atoms with E-state index in [4.69, 9.17) is 0 Å². The van der Waals surface area contributed by atoms with Gasteiger partial charge in [0, 0.05) is 13.5 Å². The van der Waals surface area contributed by atoms with Gasteiger partial charge >= 0.3 is 5.97 Å². The number of rotatable bonds is 7. The van der Waals surface area contributed by atoms with Crippen molar-refractivity contribution in [3.05, 3.63) is 71.3 Å². The molecule has 2 aromatic carbocycles. The minimum absolute atomic E-state index is 0.00316. The SMILES string of the molecule is CC(C)C(c1ccccc1)N(C)C(=O)CCc1ccccc1C(=O)O. The van der Waals surface area contributed by atoms with Gasteiger partial charge in [0.2, 0.25) is 5.91 Å². The predicted molar refractivity (Wildman–Crippen MR) is 98.5 cm³/mol. The molecule has 132 valence electrons. The van der Waals surface area contributed by atoms with E-state index >= 15 is 0 Å². The molecule has 1 amide bonds. The number of nitrogens with zero attached hydrogens (tertiary/aromatic N) is 1. The molecule has 0 aliphatic rings. The van der Waals surface area contributed by atoms with Crippen LogP contribution in [0.25, 0.3) is 0 Å². The van der Waals surface area contributed by atoms with E-state index in [1.807, 2.05) is 37.4 Å². The van der Waals surface area contributed by atoms with Crippen molar-refractivity contribution in [2.75, 3.05) is 7.05 Å². The molecule has 25 heavy (non-hydrogen) atoms. The molecule has 4 nitrogen and oxygen atoms in total. The van der Waals surface area contributed by atoms with Crippen LogP contribution in [0.15, 0.2) is 54.6 Å². The molecule has 0 aliphatic carbocycles. The minimum Gasteiger partial charge on any atom is -0.478 e. The largest absolute Gasteiger partial charge is 0.478 e. The molecule has 0 aliphatic heterocycles. The van der Waals surface area contributed by atoms with Crippen LogP contribution in [0.3, 0.4) is 0 Å². The highest BCUT2D eigenvalue weighted by molar-refractivity contribution is 5.89. The Bertz CT molecular complexity index is 725. The lowest BCUT2D eigenvalue weighted by Gasteiger charge is -2.32. The van der Waals surface area contributed by atoms with Gasteiger partial charge in [-0.1, -0.05) is 62.4 Å². The second-order valence-corrected chi connectivity index (χ2v) is 6.57. The van der Waals surface area contributed by atoms with Gasteiger partial charge in [-0.25, -0.2) is 4.79 Å². The van der Waals surface area contributed by atoms with Crippen LogP contribution in [0.4, 0.5) is 0 Å². The third-order valence-electron chi connectivity index (χ3n) is 4.44. The van der Waals surface area contributed by atoms with E-state index in [2.05, 4.69) is 13.8 Å². The Morgan fingerprint density at radius 2 is 1.60 bits per heavy atom. The van der Waals surface area contributed by atoms with E-state index in [1.54, 1.807) is 29.2 Å². The Morgan fingerprint density at radius 3 is 2.20 bits per heavy atom. The van der Waals surface area contributed by atoms with Crippen LogP contribution in [0, 0.1) is 5.92 Å². The number of carboxylic acids is 1. The molecule has 0 radical (unpaired) electrons. The van der Waals surface area contributed by atoms with Gasteiger partial charge in [-0.05, 0) is 29.5 Å². The van der Waals surface area contributed by atoms with Crippen molar-refractivity contribution >= 4 is 11.9 Å². The van der Waals surface area contributed by atoms with Gasteiger partial charge in [0.25, 0.3) is 0 Å². The fourth-order valence-electron chi connectivity index (χ4n) is 3.23. The predicted octanol–water partition coefficient (Wildman–Crippen LogP) is 4.17. The maximum atomic E-state index is 12.7. The summed E-state index contributed by atoms with van der Waals surface area (Å²) in [7, 11) is 1.82. The van der Waals surface area contributed by atoms with Crippen LogP contribution in [0.1, 0.15) is 47.8 Å². The van der Waals surface area contributed by atoms with E-state index in [0.717, 1.165) is 5.56 Å². The van der Waals surface area contributed by atoms with E-state index in [1.165, 1.54) is 0 Å². The number of carboxylic acid groups (broad SMARTS) is 1. The standard InChI is InChI=1S/C21H25NO3/c1-15(2)20(17-10-5-4-6-11-17)22(3)19(23)14-13-16-9-7-8-12-18(16)21(24)25/h4-12,15,20H,13-14H2,1-3H3,(H,24,25). The highest BCUT2D eigenvalue weighted by Crippen LogP contribution is 2.28. The van der Waals surface area contributed by atoms with Gasteiger partial charge in [0.1, 0.15) is 0 Å². The lowest BCUT2D eigenvalue weighted by molar-refractivity contribution is -0.133. The second kappa shape index (κ2) is 8.47. The summed E-state index contributed by atoms with van der Waals surface area (Å²) in [6.07, 6.45) is 0.710. The molecule has 0 heterocycles. The molecular weight excluding hydrogens is 314 g/mol. The van der Waals surface area contributed by atoms with Crippen molar-refractivity contribution in [3.8, 4) is 0 Å². The molecule has 0 spiro atoms. The van der Waals surface area contributed by atoms with Crippen molar-refractivity contribution in [2.45, 2.75) is 32.7 Å². The smallest absolute Gasteiger partial charge is 0.335 e. The summed E-state index contributed by atoms with van der Waals surface area (Å²) in [5.41, 5.74) is 2.07. The number of hydrogen-bond donors (Lipinski definition) is 1. The van der Waals surface area contributed by atoms with Gasteiger partial charge in [-0.2, -0.15) is 0 Å². The third kappa shape index (κ3) is 4.69. The molecule has 2 aromatic rings. The molecule has 0 saturated carbocycles. The topological polar surface area (TPSA) is 57.6 Å². The number of benzene rings is 2. The molecule has 4 heteroatoms. The summed E-state index contributed by atoms with van der Waals surface area (Å²) in [6, 6.07) is 16.8. The molecule has 2 rings (SSSR count). The monoisotopic (exact) mass is 339 g/mol. The quantitative estimate of drug-likeness (QED) is 0.823. The van der Waals surface area contributed by atoms with E-state index < -0.39 is 5.97 Å². The molecular formula is C21H25NO3. The summed E-state index contributed by atoms with van der Waals surface area (Å²) >= 11 is 0. The third-order valence-corrected chi connectivity index (χ3v) is 4.44. The van der Waals surface area contributed by atoms with Crippen LogP contribution in [0.5, 0.6) is 0 Å². The number of aromatic carboxylic acids is 1. The summed E-state index contributed by atoms with van der Waals surface area (Å²) in [6.45, 7) is 4.20. The first-order valence-electron chi connectivity index (χ1n) is 8.53. The molecule has 0 fully saturated rings. The maximum absolute atomic E-state index is 12.7. The van der Waals surface area contributed by atoms with E-state index in [0.29, 0.717) is 12.0 Å². The maximum Gasteiger partial charge on any atom is 0.335 e. The van der Waals surface area contributed by atoms with Crippen molar-refractivity contribution in [3.63, 3.8) is 0 Å². The van der Waals surface area contributed by atoms with Gasteiger partial charge < -0.3 is 10.0 Å². The Kier molecular flexibility index (Phi) is 6.34. The Labute approximate surface area is 149 Å². The zero-order valence-corrected chi connectivity index (χ0v) is 15.0. The van der Waals surface area contributed by atoms with Crippen LogP contribution >= 0.6 is 0 Å². The fraction of sp³-hybridized carbons (Fsp3) is 0.333. The van der Waals surface area contributed by atoms with Crippen LogP contribution in [-0.4, -0.2) is 28.9 Å². The number of carbonyl (C=O) groups excluding carboxylic acids is 1. The van der Waals surface area contributed by atoms with E-state index in [9.17, 15) is 14.7 Å². The average Bonchev–Trinajstić information content (AvgIpc) is 2.60. The summed E-state index contributed by atoms with van der Waals surface area (Å²) < 4.78 is 0. The minimum atomic E-state index is -0.958. The van der Waals surface area contributed by atoms with Crippen molar-refractivity contribution in [2.24, 2.45) is 5.92 Å². The number of aryl methyl sites for hydroxylation is 1. The summed E-state index contributed by atoms with van der Waals surface area (Å²) in [4.78, 5) is 25.8. The van der Waals surface area contributed by atoms with Crippen LogP contribution in [0.2, 0.25) is 0 Å². The number of amides is 1. The van der Waals surface area contributed by atoms with Gasteiger partial charge in [-0.15, -0.1) is 0 Å². The zero-order valence-electron chi connectivity index (χ0n) is 15.0. The van der Waals surface area contributed by atoms with Gasteiger partial charge in [0.15, 0.2) is 0 Å². The summed E-state index contributed by atoms with van der Waals surface area (Å²) in [5, 5.41) is 9.25. The van der Waals surface area contributed by atoms with Gasteiger partial charge in [-0.3, -0.25) is 4.79 Å². The number of hydrogen-bond acceptors (Lipinski definition) is 2. The Balaban J connectivity index is 2.10. The molecule has 0 bridgehead atoms. The number of carbonyl (C=O) groups is 2. The van der Waals surface area contributed by atoms with Crippen molar-refractivity contribution in [1.29, 1.82) is 0 Å². The average molecular weight is 339 g/mol. The molecule has 0 aromatic heterocycles. The first-order chi connectivity index (χ1) is 11.9. The first kappa shape index (κ1) is 18.7. The van der Waals surface area contributed by atoms with Gasteiger partial charge in [0.05, 0.1) is 11.6 Å². The van der Waals surface area contributed by atoms with Crippen LogP contribution in [-0.2, 0) is 11.2 Å². The molecule has 1 N–H and O–H groups in total. The van der Waals surface area contributed by atoms with E-state index in [-0.39, 0.29) is 29.9 Å². The highest BCUT2D eigenvalue weighted by atomic mass is 16.4. The lowest BCUT2D eigenvalue weighted by atomic mass is 9.94. The zero-order chi connectivity index (χ0) is 18.4.